The summed E-state index contributed by atoms with van der Waals surface area (Å²) in [5.74, 6) is 1.80. The Kier molecular flexibility index (Phi) is 4.07. The number of anilines is 1. The van der Waals surface area contributed by atoms with E-state index in [1.807, 2.05) is 36.4 Å². The topological polar surface area (TPSA) is 88.1 Å². The van der Waals surface area contributed by atoms with Gasteiger partial charge in [0.2, 0.25) is 5.95 Å². The van der Waals surface area contributed by atoms with E-state index in [4.69, 9.17) is 21.8 Å². The predicted octanol–water partition coefficient (Wildman–Crippen LogP) is 2.82. The van der Waals surface area contributed by atoms with Crippen LogP contribution in [0.15, 0.2) is 45.6 Å². The van der Waals surface area contributed by atoms with Gasteiger partial charge in [0, 0.05) is 30.1 Å². The van der Waals surface area contributed by atoms with Crippen LogP contribution in [0.1, 0.15) is 17.0 Å². The van der Waals surface area contributed by atoms with Gasteiger partial charge in [0.15, 0.2) is 0 Å². The molecular weight excluding hydrogens is 340 g/mol. The maximum absolute atomic E-state index is 12.1. The number of hydrogen-bond donors (Lipinski definition) is 2. The molecule has 25 heavy (non-hydrogen) atoms. The highest BCUT2D eigenvalue weighted by atomic mass is 35.5. The summed E-state index contributed by atoms with van der Waals surface area (Å²) in [5, 5.41) is 0.675. The highest BCUT2D eigenvalue weighted by Gasteiger charge is 2.21. The second-order valence-electron chi connectivity index (χ2n) is 6.11. The average molecular weight is 357 g/mol. The monoisotopic (exact) mass is 356 g/mol. The van der Waals surface area contributed by atoms with Crippen LogP contribution < -0.4 is 11.3 Å². The fraction of sp³-hybridized carbons (Fsp3) is 0.222. The van der Waals surface area contributed by atoms with Crippen LogP contribution in [0.5, 0.6) is 0 Å². The normalized spacial score (nSPS) is 14.4. The van der Waals surface area contributed by atoms with Crippen LogP contribution in [0, 0.1) is 0 Å². The van der Waals surface area contributed by atoms with Crippen LogP contribution in [-0.2, 0) is 19.5 Å². The molecular formula is C18H17ClN4O2. The highest BCUT2D eigenvalue weighted by Crippen LogP contribution is 2.26. The minimum absolute atomic E-state index is 0.161. The standard InChI is InChI=1S/C18H17ClN4O2/c19-12-3-1-2-11(8-12)16-5-4-13(25-16)9-23-7-6-15-14(10-23)17(24)22-18(20)21-15/h1-5,8H,6-7,9-10H2,(H3,20,21,22,24). The summed E-state index contributed by atoms with van der Waals surface area (Å²) in [5.41, 5.74) is 7.86. The largest absolute Gasteiger partial charge is 0.460 e. The Morgan fingerprint density at radius 1 is 1.32 bits per heavy atom. The lowest BCUT2D eigenvalue weighted by Gasteiger charge is -2.26. The molecule has 6 nitrogen and oxygen atoms in total. The first-order valence-corrected chi connectivity index (χ1v) is 8.41. The van der Waals surface area contributed by atoms with Gasteiger partial charge in [-0.15, -0.1) is 0 Å². The fourth-order valence-corrected chi connectivity index (χ4v) is 3.31. The van der Waals surface area contributed by atoms with E-state index in [2.05, 4.69) is 14.9 Å². The number of rotatable bonds is 3. The van der Waals surface area contributed by atoms with Gasteiger partial charge in [-0.2, -0.15) is 0 Å². The van der Waals surface area contributed by atoms with Gasteiger partial charge in [0.25, 0.3) is 5.56 Å². The molecule has 0 atom stereocenters. The molecule has 0 saturated heterocycles. The van der Waals surface area contributed by atoms with Crippen molar-refractivity contribution in [2.24, 2.45) is 0 Å². The second-order valence-corrected chi connectivity index (χ2v) is 6.55. The minimum atomic E-state index is -0.161. The van der Waals surface area contributed by atoms with Gasteiger partial charge in [0.1, 0.15) is 11.5 Å². The Bertz CT molecular complexity index is 979. The van der Waals surface area contributed by atoms with Crippen molar-refractivity contribution in [3.63, 3.8) is 0 Å². The van der Waals surface area contributed by atoms with Gasteiger partial charge in [-0.25, -0.2) is 4.98 Å². The predicted molar refractivity (Wildman–Crippen MR) is 96.2 cm³/mol. The SMILES string of the molecule is Nc1nc2c(c(=O)[nH]1)CN(Cc1ccc(-c3cccc(Cl)c3)o1)CC2. The van der Waals surface area contributed by atoms with Crippen molar-refractivity contribution in [3.8, 4) is 11.3 Å². The van der Waals surface area contributed by atoms with Crippen molar-refractivity contribution in [2.75, 3.05) is 12.3 Å². The van der Waals surface area contributed by atoms with E-state index >= 15 is 0 Å². The smallest absolute Gasteiger partial charge is 0.257 e. The quantitative estimate of drug-likeness (QED) is 0.753. The summed E-state index contributed by atoms with van der Waals surface area (Å²) in [4.78, 5) is 21.0. The average Bonchev–Trinajstić information content (AvgIpc) is 3.04. The molecule has 0 bridgehead atoms. The summed E-state index contributed by atoms with van der Waals surface area (Å²) < 4.78 is 5.94. The number of aromatic amines is 1. The maximum Gasteiger partial charge on any atom is 0.257 e. The molecule has 0 amide bonds. The lowest BCUT2D eigenvalue weighted by Crippen LogP contribution is -2.35. The molecule has 7 heteroatoms. The summed E-state index contributed by atoms with van der Waals surface area (Å²) in [6.07, 6.45) is 0.700. The maximum atomic E-state index is 12.1. The molecule has 0 spiro atoms. The number of nitrogens with one attached hydrogen (secondary N) is 1. The summed E-state index contributed by atoms with van der Waals surface area (Å²) in [6.45, 7) is 1.96. The van der Waals surface area contributed by atoms with E-state index in [0.29, 0.717) is 30.1 Å². The number of furan rings is 1. The van der Waals surface area contributed by atoms with Crippen LogP contribution in [-0.4, -0.2) is 21.4 Å². The summed E-state index contributed by atoms with van der Waals surface area (Å²) in [6, 6.07) is 11.5. The first kappa shape index (κ1) is 15.9. The number of hydrogen-bond acceptors (Lipinski definition) is 5. The molecule has 3 heterocycles. The molecule has 0 fully saturated rings. The van der Waals surface area contributed by atoms with E-state index in [0.717, 1.165) is 29.3 Å². The van der Waals surface area contributed by atoms with Crippen LogP contribution in [0.3, 0.4) is 0 Å². The zero-order valence-corrected chi connectivity index (χ0v) is 14.2. The molecule has 1 aliphatic rings. The Labute approximate surface area is 149 Å². The number of aromatic nitrogens is 2. The molecule has 1 aromatic carbocycles. The first-order valence-electron chi connectivity index (χ1n) is 8.03. The van der Waals surface area contributed by atoms with E-state index in [-0.39, 0.29) is 11.5 Å². The number of nitrogens with two attached hydrogens (primary N) is 1. The molecule has 0 aliphatic carbocycles. The second kappa shape index (κ2) is 6.38. The Balaban J connectivity index is 1.51. The fourth-order valence-electron chi connectivity index (χ4n) is 3.12. The number of H-pyrrole nitrogens is 1. The number of fused-ring (bicyclic) bond motifs is 1. The lowest BCUT2D eigenvalue weighted by molar-refractivity contribution is 0.223. The molecule has 3 aromatic rings. The van der Waals surface area contributed by atoms with E-state index in [1.54, 1.807) is 0 Å². The van der Waals surface area contributed by atoms with Gasteiger partial charge in [-0.05, 0) is 24.3 Å². The Morgan fingerprint density at radius 3 is 3.04 bits per heavy atom. The number of benzene rings is 1. The van der Waals surface area contributed by atoms with Crippen molar-refractivity contribution < 1.29 is 4.42 Å². The van der Waals surface area contributed by atoms with Crippen molar-refractivity contribution >= 4 is 17.5 Å². The van der Waals surface area contributed by atoms with Crippen molar-refractivity contribution in [1.29, 1.82) is 0 Å². The van der Waals surface area contributed by atoms with Gasteiger partial charge >= 0.3 is 0 Å². The molecule has 1 aliphatic heterocycles. The molecule has 128 valence electrons. The molecule has 0 unspecified atom stereocenters. The van der Waals surface area contributed by atoms with Gasteiger partial charge in [-0.3, -0.25) is 14.7 Å². The number of halogens is 1. The first-order chi connectivity index (χ1) is 12.1. The molecule has 0 saturated carbocycles. The van der Waals surface area contributed by atoms with Crippen molar-refractivity contribution in [3.05, 3.63) is 68.8 Å². The third kappa shape index (κ3) is 3.31. The Hall–Kier alpha value is -2.57. The summed E-state index contributed by atoms with van der Waals surface area (Å²) >= 11 is 6.03. The van der Waals surface area contributed by atoms with Gasteiger partial charge in [-0.1, -0.05) is 23.7 Å². The van der Waals surface area contributed by atoms with E-state index < -0.39 is 0 Å². The molecule has 4 rings (SSSR count). The zero-order chi connectivity index (χ0) is 17.4. The minimum Gasteiger partial charge on any atom is -0.460 e. The van der Waals surface area contributed by atoms with Crippen molar-refractivity contribution in [2.45, 2.75) is 19.5 Å². The van der Waals surface area contributed by atoms with E-state index in [9.17, 15) is 4.79 Å². The third-order valence-electron chi connectivity index (χ3n) is 4.32. The highest BCUT2D eigenvalue weighted by molar-refractivity contribution is 6.30. The Morgan fingerprint density at radius 2 is 2.20 bits per heavy atom. The third-order valence-corrected chi connectivity index (χ3v) is 4.55. The van der Waals surface area contributed by atoms with E-state index in [1.165, 1.54) is 0 Å². The van der Waals surface area contributed by atoms with Crippen molar-refractivity contribution in [1.82, 2.24) is 14.9 Å². The lowest BCUT2D eigenvalue weighted by atomic mass is 10.1. The molecule has 3 N–H and O–H groups in total. The zero-order valence-electron chi connectivity index (χ0n) is 13.5. The van der Waals surface area contributed by atoms with Gasteiger partial charge in [0.05, 0.1) is 17.8 Å². The van der Waals surface area contributed by atoms with Crippen LogP contribution >= 0.6 is 11.6 Å². The molecule has 0 radical (unpaired) electrons. The number of nitrogens with zero attached hydrogens (tertiary/aromatic N) is 2. The van der Waals surface area contributed by atoms with Crippen LogP contribution in [0.4, 0.5) is 5.95 Å². The molecule has 2 aromatic heterocycles. The van der Waals surface area contributed by atoms with Gasteiger partial charge < -0.3 is 10.2 Å². The van der Waals surface area contributed by atoms with Crippen LogP contribution in [0.25, 0.3) is 11.3 Å². The number of nitrogen functional groups attached to an aromatic ring is 1. The van der Waals surface area contributed by atoms with Crippen LogP contribution in [0.2, 0.25) is 5.02 Å². The summed E-state index contributed by atoms with van der Waals surface area (Å²) in [7, 11) is 0.